The lowest BCUT2D eigenvalue weighted by Gasteiger charge is -2.16. The van der Waals surface area contributed by atoms with Gasteiger partial charge in [-0.2, -0.15) is 0 Å². The largest absolute Gasteiger partial charge is 0.463 e. The molecule has 172 valence electrons. The number of ether oxygens (including phenoxy) is 6. The van der Waals surface area contributed by atoms with Crippen molar-refractivity contribution in [3.05, 3.63) is 0 Å². The van der Waals surface area contributed by atoms with Gasteiger partial charge in [0.25, 0.3) is 0 Å². The van der Waals surface area contributed by atoms with E-state index in [1.807, 2.05) is 13.8 Å². The molecule has 0 aliphatic heterocycles. The SMILES string of the molecule is CCCOCCOCCOC(=O)C(C)CC(C)C(=O)OCCOCCOCCC. The second-order valence-corrected chi connectivity index (χ2v) is 6.82. The molecule has 2 atom stereocenters. The van der Waals surface area contributed by atoms with Crippen molar-refractivity contribution in [2.24, 2.45) is 11.8 Å². The van der Waals surface area contributed by atoms with Crippen LogP contribution in [0.1, 0.15) is 47.0 Å². The van der Waals surface area contributed by atoms with Crippen LogP contribution in [-0.4, -0.2) is 78.0 Å². The van der Waals surface area contributed by atoms with E-state index in [-0.39, 0.29) is 25.2 Å². The zero-order chi connectivity index (χ0) is 21.7. The predicted octanol–water partition coefficient (Wildman–Crippen LogP) is 2.62. The molecule has 0 saturated heterocycles. The van der Waals surface area contributed by atoms with E-state index in [1.54, 1.807) is 13.8 Å². The maximum Gasteiger partial charge on any atom is 0.308 e. The number of esters is 2. The number of rotatable bonds is 20. The Hall–Kier alpha value is -1.22. The van der Waals surface area contributed by atoms with Crippen molar-refractivity contribution in [3.8, 4) is 0 Å². The summed E-state index contributed by atoms with van der Waals surface area (Å²) in [6, 6.07) is 0. The highest BCUT2D eigenvalue weighted by molar-refractivity contribution is 5.75. The standard InChI is InChI=1S/C21H40O8/c1-5-7-24-9-11-26-13-15-28-20(22)18(3)17-19(4)21(23)29-16-14-27-12-10-25-8-6-2/h18-19H,5-17H2,1-4H3. The number of carbonyl (C=O) groups excluding carboxylic acids is 2. The molecule has 8 nitrogen and oxygen atoms in total. The summed E-state index contributed by atoms with van der Waals surface area (Å²) >= 11 is 0. The van der Waals surface area contributed by atoms with E-state index in [2.05, 4.69) is 0 Å². The third kappa shape index (κ3) is 17.4. The number of hydrogen-bond acceptors (Lipinski definition) is 8. The van der Waals surface area contributed by atoms with Gasteiger partial charge in [-0.15, -0.1) is 0 Å². The van der Waals surface area contributed by atoms with Crippen molar-refractivity contribution in [1.82, 2.24) is 0 Å². The lowest BCUT2D eigenvalue weighted by Crippen LogP contribution is -2.24. The summed E-state index contributed by atoms with van der Waals surface area (Å²) in [6.07, 6.45) is 2.32. The third-order valence-corrected chi connectivity index (χ3v) is 3.90. The lowest BCUT2D eigenvalue weighted by atomic mass is 9.97. The quantitative estimate of drug-likeness (QED) is 0.219. The molecule has 2 unspecified atom stereocenters. The van der Waals surface area contributed by atoms with Crippen LogP contribution >= 0.6 is 0 Å². The summed E-state index contributed by atoms with van der Waals surface area (Å²) in [5.74, 6) is -1.47. The van der Waals surface area contributed by atoms with Crippen molar-refractivity contribution in [2.75, 3.05) is 66.1 Å². The summed E-state index contributed by atoms with van der Waals surface area (Å²) in [6.45, 7) is 12.1. The van der Waals surface area contributed by atoms with E-state index in [1.165, 1.54) is 0 Å². The van der Waals surface area contributed by atoms with Crippen molar-refractivity contribution >= 4 is 11.9 Å². The molecule has 0 aliphatic carbocycles. The molecule has 0 saturated carbocycles. The molecule has 0 rings (SSSR count). The first-order valence-electron chi connectivity index (χ1n) is 10.7. The second kappa shape index (κ2) is 20.1. The van der Waals surface area contributed by atoms with Crippen LogP contribution in [0, 0.1) is 11.8 Å². The minimum Gasteiger partial charge on any atom is -0.463 e. The van der Waals surface area contributed by atoms with Crippen molar-refractivity contribution in [3.63, 3.8) is 0 Å². The van der Waals surface area contributed by atoms with Crippen molar-refractivity contribution in [1.29, 1.82) is 0 Å². The molecule has 0 spiro atoms. The topological polar surface area (TPSA) is 89.5 Å². The summed E-state index contributed by atoms with van der Waals surface area (Å²) in [5, 5.41) is 0. The van der Waals surface area contributed by atoms with E-state index in [4.69, 9.17) is 28.4 Å². The van der Waals surface area contributed by atoms with Gasteiger partial charge in [-0.05, 0) is 19.3 Å². The Morgan fingerprint density at radius 3 is 1.21 bits per heavy atom. The Kier molecular flexibility index (Phi) is 19.2. The van der Waals surface area contributed by atoms with Gasteiger partial charge in [0.2, 0.25) is 0 Å². The van der Waals surface area contributed by atoms with Crippen LogP contribution < -0.4 is 0 Å². The molecule has 0 aromatic rings. The number of carbonyl (C=O) groups is 2. The second-order valence-electron chi connectivity index (χ2n) is 6.82. The minimum absolute atomic E-state index is 0.190. The van der Waals surface area contributed by atoms with Gasteiger partial charge in [0.1, 0.15) is 13.2 Å². The Morgan fingerprint density at radius 2 is 0.862 bits per heavy atom. The highest BCUT2D eigenvalue weighted by Gasteiger charge is 2.23. The fraction of sp³-hybridized carbons (Fsp3) is 0.905. The molecule has 0 aliphatic rings. The molecule has 0 fully saturated rings. The Labute approximate surface area is 175 Å². The molecule has 29 heavy (non-hydrogen) atoms. The van der Waals surface area contributed by atoms with Gasteiger partial charge < -0.3 is 28.4 Å². The van der Waals surface area contributed by atoms with Gasteiger partial charge >= 0.3 is 11.9 Å². The van der Waals surface area contributed by atoms with Crippen LogP contribution in [0.5, 0.6) is 0 Å². The van der Waals surface area contributed by atoms with Crippen LogP contribution in [0.2, 0.25) is 0 Å². The lowest BCUT2D eigenvalue weighted by molar-refractivity contribution is -0.153. The third-order valence-electron chi connectivity index (χ3n) is 3.90. The van der Waals surface area contributed by atoms with Crippen LogP contribution in [0.15, 0.2) is 0 Å². The molecule has 8 heteroatoms. The summed E-state index contributed by atoms with van der Waals surface area (Å²) < 4.78 is 31.6. The molecule has 0 amide bonds. The van der Waals surface area contributed by atoms with Crippen molar-refractivity contribution < 1.29 is 38.0 Å². The first-order valence-corrected chi connectivity index (χ1v) is 10.7. The van der Waals surface area contributed by atoms with E-state index >= 15 is 0 Å². The normalized spacial score (nSPS) is 13.1. The van der Waals surface area contributed by atoms with E-state index < -0.39 is 11.8 Å². The zero-order valence-corrected chi connectivity index (χ0v) is 18.6. The molecule has 0 aromatic heterocycles. The van der Waals surface area contributed by atoms with Gasteiger partial charge in [-0.25, -0.2) is 0 Å². The first kappa shape index (κ1) is 27.8. The van der Waals surface area contributed by atoms with Gasteiger partial charge in [0.15, 0.2) is 0 Å². The van der Waals surface area contributed by atoms with Crippen LogP contribution in [-0.2, 0) is 38.0 Å². The van der Waals surface area contributed by atoms with Gasteiger partial charge in [0, 0.05) is 13.2 Å². The monoisotopic (exact) mass is 420 g/mol. The average molecular weight is 421 g/mol. The molecular formula is C21H40O8. The minimum atomic E-state index is -0.391. The smallest absolute Gasteiger partial charge is 0.308 e. The predicted molar refractivity (Wildman–Crippen MR) is 109 cm³/mol. The fourth-order valence-corrected chi connectivity index (χ4v) is 2.34. The Morgan fingerprint density at radius 1 is 0.552 bits per heavy atom. The molecule has 0 N–H and O–H groups in total. The fourth-order valence-electron chi connectivity index (χ4n) is 2.34. The Balaban J connectivity index is 3.70. The molecular weight excluding hydrogens is 380 g/mol. The summed E-state index contributed by atoms with van der Waals surface area (Å²) in [7, 11) is 0. The maximum atomic E-state index is 12.0. The van der Waals surface area contributed by atoms with Gasteiger partial charge in [-0.3, -0.25) is 9.59 Å². The van der Waals surface area contributed by atoms with E-state index in [9.17, 15) is 9.59 Å². The van der Waals surface area contributed by atoms with Crippen molar-refractivity contribution in [2.45, 2.75) is 47.0 Å². The first-order chi connectivity index (χ1) is 14.0. The Bertz CT molecular complexity index is 366. The highest BCUT2D eigenvalue weighted by atomic mass is 16.6. The van der Waals surface area contributed by atoms with E-state index in [0.717, 1.165) is 26.1 Å². The van der Waals surface area contributed by atoms with E-state index in [0.29, 0.717) is 46.1 Å². The number of hydrogen-bond donors (Lipinski definition) is 0. The van der Waals surface area contributed by atoms with Crippen LogP contribution in [0.3, 0.4) is 0 Å². The highest BCUT2D eigenvalue weighted by Crippen LogP contribution is 2.15. The summed E-state index contributed by atoms with van der Waals surface area (Å²) in [4.78, 5) is 24.0. The zero-order valence-electron chi connectivity index (χ0n) is 18.6. The molecule has 0 radical (unpaired) electrons. The van der Waals surface area contributed by atoms with Gasteiger partial charge in [0.05, 0.1) is 51.5 Å². The molecule has 0 aromatic carbocycles. The average Bonchev–Trinajstić information content (AvgIpc) is 2.71. The van der Waals surface area contributed by atoms with Crippen LogP contribution in [0.4, 0.5) is 0 Å². The molecule has 0 heterocycles. The molecule has 0 bridgehead atoms. The van der Waals surface area contributed by atoms with Crippen LogP contribution in [0.25, 0.3) is 0 Å². The summed E-state index contributed by atoms with van der Waals surface area (Å²) in [5.41, 5.74) is 0. The maximum absolute atomic E-state index is 12.0. The van der Waals surface area contributed by atoms with Gasteiger partial charge in [-0.1, -0.05) is 27.7 Å².